The molecule has 0 fully saturated rings. The molecule has 0 atom stereocenters. The van der Waals surface area contributed by atoms with Gasteiger partial charge < -0.3 is 0 Å². The Hall–Kier alpha value is 0.0443. The fourth-order valence-corrected chi connectivity index (χ4v) is 57.0. The van der Waals surface area contributed by atoms with Crippen LogP contribution in [0.4, 0.5) is 0 Å². The maximum absolute atomic E-state index is 11.9. The maximum atomic E-state index is 11.9. The Morgan fingerprint density at radius 3 is 1.89 bits per heavy atom. The topological polar surface area (TPSA) is 35.5 Å². The number of rotatable bonds is 6. The Morgan fingerprint density at radius 1 is 1.00 bits per heavy atom. The van der Waals surface area contributed by atoms with Crippen molar-refractivity contribution in [1.29, 1.82) is 0 Å². The molecule has 0 unspecified atom stereocenters. The Balaban J connectivity index is 3.65. The molecule has 0 N–H and O–H groups in total. The van der Waals surface area contributed by atoms with Crippen LogP contribution in [0.15, 0.2) is 19.8 Å². The quantitative estimate of drug-likeness (QED) is 0.194. The molecule has 1 aromatic carbocycles. The molecule has 0 aliphatic heterocycles. The van der Waals surface area contributed by atoms with Crippen LogP contribution in [0.25, 0.3) is 6.08 Å². The molecular weight excluding hydrogens is 578 g/mol. The fourth-order valence-electron chi connectivity index (χ4n) is 3.12. The van der Waals surface area contributed by atoms with Crippen LogP contribution in [0.1, 0.15) is 33.3 Å². The van der Waals surface area contributed by atoms with Crippen LogP contribution in [0, 0.1) is 0 Å². The number of esters is 1. The molecule has 0 aliphatic carbocycles. The third-order valence-electron chi connectivity index (χ3n) is 5.34. The van der Waals surface area contributed by atoms with Crippen LogP contribution < -0.4 is 9.16 Å². The molecular formula is C22H40O3SiSn2. The summed E-state index contributed by atoms with van der Waals surface area (Å²) in [7, 11) is -2.05. The van der Waals surface area contributed by atoms with E-state index < -0.39 is 45.1 Å². The summed E-state index contributed by atoms with van der Waals surface area (Å²) in [5.74, 6) is 0.979. The van der Waals surface area contributed by atoms with E-state index in [1.165, 1.54) is 6.92 Å². The molecule has 1 aromatic rings. The van der Waals surface area contributed by atoms with Crippen molar-refractivity contribution in [3.63, 3.8) is 0 Å². The summed E-state index contributed by atoms with van der Waals surface area (Å²) in [4.78, 5) is 26.8. The predicted octanol–water partition coefficient (Wildman–Crippen LogP) is 7.13. The number of ether oxygens (including phenoxy) is 1. The molecule has 0 saturated carbocycles. The molecule has 0 bridgehead atoms. The van der Waals surface area contributed by atoms with Gasteiger partial charge in [-0.3, -0.25) is 0 Å². The van der Waals surface area contributed by atoms with Gasteiger partial charge in [-0.25, -0.2) is 0 Å². The van der Waals surface area contributed by atoms with Crippen molar-refractivity contribution in [2.45, 2.75) is 75.5 Å². The van der Waals surface area contributed by atoms with Gasteiger partial charge in [-0.05, 0) is 0 Å². The third-order valence-corrected chi connectivity index (χ3v) is 48.5. The molecule has 158 valence electrons. The van der Waals surface area contributed by atoms with Gasteiger partial charge >= 0.3 is 183 Å². The second kappa shape index (κ2) is 9.04. The van der Waals surface area contributed by atoms with Gasteiger partial charge in [-0.15, -0.1) is 0 Å². The molecule has 0 aromatic heterocycles. The summed E-state index contributed by atoms with van der Waals surface area (Å²) >= 11 is -4.56. The molecule has 3 nitrogen and oxygen atoms in total. The minimum absolute atomic E-state index is 0.0707. The van der Waals surface area contributed by atoms with E-state index in [0.717, 1.165) is 5.56 Å². The van der Waals surface area contributed by atoms with Crippen molar-refractivity contribution in [3.8, 4) is 11.5 Å². The van der Waals surface area contributed by atoms with E-state index >= 15 is 0 Å². The average Bonchev–Trinajstić information content (AvgIpc) is 2.42. The summed E-state index contributed by atoms with van der Waals surface area (Å²) in [5.41, 5.74) is 0.986. The van der Waals surface area contributed by atoms with Crippen molar-refractivity contribution in [1.82, 2.24) is 0 Å². The molecule has 0 amide bonds. The Labute approximate surface area is 182 Å². The molecule has 0 heterocycles. The molecule has 6 heteroatoms. The number of para-hydroxylation sites is 1. The van der Waals surface area contributed by atoms with E-state index in [2.05, 4.69) is 75.6 Å². The summed E-state index contributed by atoms with van der Waals surface area (Å²) in [6.45, 7) is 12.5. The number of hydrogen-bond donors (Lipinski definition) is 0. The zero-order chi connectivity index (χ0) is 22.1. The van der Waals surface area contributed by atoms with Crippen molar-refractivity contribution in [3.05, 3.63) is 25.4 Å². The van der Waals surface area contributed by atoms with Crippen LogP contribution in [0.2, 0.25) is 47.8 Å². The number of hydrogen-bond acceptors (Lipinski definition) is 3. The Kier molecular flexibility index (Phi) is 8.42. The number of carbonyl (C=O) groups is 1. The first kappa shape index (κ1) is 26.1. The predicted molar refractivity (Wildman–Crippen MR) is 130 cm³/mol. The van der Waals surface area contributed by atoms with Gasteiger partial charge in [0.2, 0.25) is 0 Å². The summed E-state index contributed by atoms with van der Waals surface area (Å²) in [5, 5.41) is 0.0707. The normalized spacial score (nSPS) is 13.1. The van der Waals surface area contributed by atoms with Crippen LogP contribution in [-0.2, 0) is 4.79 Å². The third kappa shape index (κ3) is 7.08. The standard InChI is InChI=1S/C16H22O3Si.6CH3.2Sn/c1-8-13-10-9-11-14(15(13)18-12(2)17)19-20(6,7)16(3,4)5;;;;;;;;/h8-11H,2-7H3;6*1H3;;. The Bertz CT molecular complexity index is 733. The summed E-state index contributed by atoms with van der Waals surface area (Å²) < 4.78 is 14.0. The van der Waals surface area contributed by atoms with Crippen LogP contribution in [0.3, 0.4) is 0 Å². The first-order valence-electron chi connectivity index (χ1n) is 10.1. The van der Waals surface area contributed by atoms with E-state index in [4.69, 9.17) is 9.16 Å². The van der Waals surface area contributed by atoms with Gasteiger partial charge in [0.15, 0.2) is 0 Å². The van der Waals surface area contributed by atoms with E-state index in [-0.39, 0.29) is 11.0 Å². The average molecular weight is 618 g/mol. The van der Waals surface area contributed by atoms with Crippen LogP contribution >= 0.6 is 0 Å². The van der Waals surface area contributed by atoms with Gasteiger partial charge in [-0.1, -0.05) is 0 Å². The fraction of sp³-hybridized carbons (Fsp3) is 0.591. The zero-order valence-corrected chi connectivity index (χ0v) is 26.7. The summed E-state index contributed by atoms with van der Waals surface area (Å²) in [6, 6.07) is 6.03. The van der Waals surface area contributed by atoms with Gasteiger partial charge in [0.05, 0.1) is 0 Å². The SMILES string of the molecule is CC(=O)Oc1c(C=[C]([Sn]([CH3])([CH3])[CH3])[Sn]([CH3])([CH3])[CH3])cccc1O[Si](C)(C)C(C)(C)C. The summed E-state index contributed by atoms with van der Waals surface area (Å²) in [6.07, 6.45) is 2.35. The molecule has 0 aliphatic rings. The minimum atomic E-state index is -2.28. The van der Waals surface area contributed by atoms with E-state index in [9.17, 15) is 4.79 Å². The number of benzene rings is 1. The van der Waals surface area contributed by atoms with Gasteiger partial charge in [-0.2, -0.15) is 0 Å². The van der Waals surface area contributed by atoms with Crippen LogP contribution in [0.5, 0.6) is 11.5 Å². The zero-order valence-electron chi connectivity index (χ0n) is 20.0. The molecule has 1 rings (SSSR count). The second-order valence-electron chi connectivity index (χ2n) is 11.2. The molecule has 0 spiro atoms. The van der Waals surface area contributed by atoms with Crippen molar-refractivity contribution < 1.29 is 14.0 Å². The molecule has 28 heavy (non-hydrogen) atoms. The van der Waals surface area contributed by atoms with Gasteiger partial charge in [0, 0.05) is 0 Å². The molecule has 0 radical (unpaired) electrons. The van der Waals surface area contributed by atoms with E-state index in [0.29, 0.717) is 11.5 Å². The second-order valence-corrected chi connectivity index (χ2v) is 48.7. The van der Waals surface area contributed by atoms with E-state index in [1.807, 2.05) is 12.1 Å². The molecule has 0 saturated heterocycles. The first-order chi connectivity index (χ1) is 12.4. The van der Waals surface area contributed by atoms with Crippen molar-refractivity contribution >= 4 is 57.1 Å². The van der Waals surface area contributed by atoms with Gasteiger partial charge in [0.1, 0.15) is 0 Å². The van der Waals surface area contributed by atoms with E-state index in [1.54, 1.807) is 1.60 Å². The van der Waals surface area contributed by atoms with Gasteiger partial charge in [0.25, 0.3) is 0 Å². The monoisotopic (exact) mass is 620 g/mol. The Morgan fingerprint density at radius 2 is 1.50 bits per heavy atom. The van der Waals surface area contributed by atoms with Crippen molar-refractivity contribution in [2.24, 2.45) is 0 Å². The van der Waals surface area contributed by atoms with Crippen LogP contribution in [-0.4, -0.2) is 51.0 Å². The van der Waals surface area contributed by atoms with Crippen molar-refractivity contribution in [2.75, 3.05) is 0 Å². The number of carbonyl (C=O) groups excluding carboxylic acids is 1. The first-order valence-corrected chi connectivity index (χ1v) is 33.0.